The van der Waals surface area contributed by atoms with E-state index in [9.17, 15) is 40.5 Å². The predicted molar refractivity (Wildman–Crippen MR) is 191 cm³/mol. The first-order valence-corrected chi connectivity index (χ1v) is 18.5. The van der Waals surface area contributed by atoms with E-state index in [2.05, 4.69) is 61.7 Å². The van der Waals surface area contributed by atoms with Gasteiger partial charge < -0.3 is 50.5 Å². The summed E-state index contributed by atoms with van der Waals surface area (Å²) >= 11 is 0. The molecule has 284 valence electrons. The van der Waals surface area contributed by atoms with Crippen LogP contribution in [-0.4, -0.2) is 110 Å². The molecular weight excluding hydrogens is 630 g/mol. The number of aliphatic hydroxyl groups is 7. The molecule has 8 N–H and O–H groups in total. The molecule has 11 heteroatoms. The zero-order chi connectivity index (χ0) is 36.3. The van der Waals surface area contributed by atoms with Crippen molar-refractivity contribution in [2.75, 3.05) is 13.2 Å². The minimum absolute atomic E-state index is 0.225. The molecule has 49 heavy (non-hydrogen) atoms. The summed E-state index contributed by atoms with van der Waals surface area (Å²) in [6.45, 7) is 3.18. The third kappa shape index (κ3) is 19.9. The summed E-state index contributed by atoms with van der Waals surface area (Å²) in [6.07, 6.45) is 19.1. The van der Waals surface area contributed by atoms with Crippen molar-refractivity contribution < 1.29 is 50.0 Å². The fourth-order valence-electron chi connectivity index (χ4n) is 5.40. The zero-order valence-electron chi connectivity index (χ0n) is 29.9. The Labute approximate surface area is 294 Å². The van der Waals surface area contributed by atoms with Crippen molar-refractivity contribution in [2.45, 2.75) is 172 Å². The molecule has 0 radical (unpaired) electrons. The van der Waals surface area contributed by atoms with Crippen molar-refractivity contribution in [2.24, 2.45) is 0 Å². The van der Waals surface area contributed by atoms with Gasteiger partial charge in [0.2, 0.25) is 5.91 Å². The molecule has 1 saturated heterocycles. The van der Waals surface area contributed by atoms with Crippen LogP contribution in [0.4, 0.5) is 0 Å². The third-order valence-electron chi connectivity index (χ3n) is 8.57. The van der Waals surface area contributed by atoms with Crippen molar-refractivity contribution in [3.8, 4) is 0 Å². The molecule has 1 aliphatic rings. The first-order valence-electron chi connectivity index (χ1n) is 18.5. The number of carbonyl (C=O) groups is 1. The van der Waals surface area contributed by atoms with Crippen molar-refractivity contribution in [1.82, 2.24) is 5.32 Å². The molecule has 9 atom stereocenters. The molecule has 1 heterocycles. The first kappa shape index (κ1) is 45.1. The SMILES string of the molecule is CC/C=C/CC/C=C/CC/C=C/CCCC(O)C(O)C(COC1OC(CO)C(O)C(O)C1O)NC(=O)C(O)CCCCC/C=C\CCCC. The summed E-state index contributed by atoms with van der Waals surface area (Å²) in [5, 5.41) is 74.9. The maximum Gasteiger partial charge on any atom is 0.249 e. The van der Waals surface area contributed by atoms with Crippen LogP contribution in [0.3, 0.4) is 0 Å². The van der Waals surface area contributed by atoms with E-state index < -0.39 is 74.2 Å². The van der Waals surface area contributed by atoms with Gasteiger partial charge in [0.25, 0.3) is 0 Å². The monoisotopic (exact) mass is 697 g/mol. The Bertz CT molecular complexity index is 939. The van der Waals surface area contributed by atoms with Gasteiger partial charge >= 0.3 is 0 Å². The van der Waals surface area contributed by atoms with Crippen LogP contribution in [0.1, 0.15) is 117 Å². The van der Waals surface area contributed by atoms with Crippen LogP contribution in [0.5, 0.6) is 0 Å². The second-order valence-electron chi connectivity index (χ2n) is 12.9. The molecule has 0 aromatic heterocycles. The number of ether oxygens (including phenoxy) is 2. The van der Waals surface area contributed by atoms with Crippen molar-refractivity contribution >= 4 is 5.91 Å². The average molecular weight is 698 g/mol. The summed E-state index contributed by atoms with van der Waals surface area (Å²) in [5.41, 5.74) is 0. The summed E-state index contributed by atoms with van der Waals surface area (Å²) in [6, 6.07) is -1.20. The second kappa shape index (κ2) is 28.7. The number of nitrogens with one attached hydrogen (secondary N) is 1. The predicted octanol–water partition coefficient (Wildman–Crippen LogP) is 3.88. The number of amides is 1. The lowest BCUT2D eigenvalue weighted by Gasteiger charge is -2.40. The molecule has 1 fully saturated rings. The Balaban J connectivity index is 2.65. The highest BCUT2D eigenvalue weighted by molar-refractivity contribution is 5.80. The van der Waals surface area contributed by atoms with Crippen LogP contribution in [0, 0.1) is 0 Å². The zero-order valence-corrected chi connectivity index (χ0v) is 29.9. The highest BCUT2D eigenvalue weighted by Gasteiger charge is 2.44. The van der Waals surface area contributed by atoms with Gasteiger partial charge in [0.15, 0.2) is 6.29 Å². The van der Waals surface area contributed by atoms with E-state index in [0.29, 0.717) is 19.3 Å². The fourth-order valence-corrected chi connectivity index (χ4v) is 5.40. The normalized spacial score (nSPS) is 24.3. The Morgan fingerprint density at radius 2 is 1.29 bits per heavy atom. The molecule has 1 rings (SSSR count). The van der Waals surface area contributed by atoms with E-state index in [1.54, 1.807) is 0 Å². The van der Waals surface area contributed by atoms with Gasteiger partial charge in [-0.2, -0.15) is 0 Å². The van der Waals surface area contributed by atoms with Crippen molar-refractivity contribution in [3.05, 3.63) is 48.6 Å². The molecule has 11 nitrogen and oxygen atoms in total. The Morgan fingerprint density at radius 3 is 1.88 bits per heavy atom. The van der Waals surface area contributed by atoms with Gasteiger partial charge in [-0.25, -0.2) is 0 Å². The smallest absolute Gasteiger partial charge is 0.249 e. The molecule has 0 aromatic rings. The molecule has 0 aliphatic carbocycles. The molecule has 0 bridgehead atoms. The number of carbonyl (C=O) groups excluding carboxylic acids is 1. The van der Waals surface area contributed by atoms with E-state index in [0.717, 1.165) is 64.2 Å². The van der Waals surface area contributed by atoms with Crippen LogP contribution < -0.4 is 5.32 Å². The molecular formula is C38H67NO10. The summed E-state index contributed by atoms with van der Waals surface area (Å²) in [7, 11) is 0. The Kier molecular flexibility index (Phi) is 26.4. The van der Waals surface area contributed by atoms with Crippen molar-refractivity contribution in [1.29, 1.82) is 0 Å². The maximum atomic E-state index is 12.9. The highest BCUT2D eigenvalue weighted by atomic mass is 16.7. The highest BCUT2D eigenvalue weighted by Crippen LogP contribution is 2.23. The number of hydrogen-bond acceptors (Lipinski definition) is 10. The average Bonchev–Trinajstić information content (AvgIpc) is 3.10. The van der Waals surface area contributed by atoms with Gasteiger partial charge in [-0.1, -0.05) is 88.1 Å². The second-order valence-corrected chi connectivity index (χ2v) is 12.9. The molecule has 0 spiro atoms. The summed E-state index contributed by atoms with van der Waals surface area (Å²) < 4.78 is 11.0. The number of rotatable bonds is 28. The standard InChI is InChI=1S/C38H67NO10/c1-3-5-7-9-11-13-14-15-16-18-19-21-23-25-30(41)33(43)29(28-48-38-36(46)35(45)34(44)32(27-40)49-38)39-37(47)31(42)26-24-22-20-17-12-10-8-6-4-2/h5,7,10,12-14,18-19,29-36,38,40-46H,3-4,6,8-9,11,15-17,20-28H2,1-2H3,(H,39,47)/b7-5+,12-10-,14-13+,19-18+. The lowest BCUT2D eigenvalue weighted by molar-refractivity contribution is -0.303. The lowest BCUT2D eigenvalue weighted by Crippen LogP contribution is -2.60. The molecule has 1 amide bonds. The van der Waals surface area contributed by atoms with Crippen LogP contribution in [0.15, 0.2) is 48.6 Å². The third-order valence-corrected chi connectivity index (χ3v) is 8.57. The molecule has 9 unspecified atom stereocenters. The summed E-state index contributed by atoms with van der Waals surface area (Å²) in [5.74, 6) is -0.734. The van der Waals surface area contributed by atoms with Gasteiger partial charge in [0, 0.05) is 0 Å². The van der Waals surface area contributed by atoms with E-state index in [4.69, 9.17) is 9.47 Å². The van der Waals surface area contributed by atoms with Crippen LogP contribution in [0.2, 0.25) is 0 Å². The Hall–Kier alpha value is -1.93. The van der Waals surface area contributed by atoms with Gasteiger partial charge in [-0.05, 0) is 77.0 Å². The quantitative estimate of drug-likeness (QED) is 0.0440. The number of unbranched alkanes of at least 4 members (excludes halogenated alkanes) is 8. The maximum absolute atomic E-state index is 12.9. The molecule has 1 aliphatic heterocycles. The number of aliphatic hydroxyl groups excluding tert-OH is 7. The lowest BCUT2D eigenvalue weighted by atomic mass is 9.98. The van der Waals surface area contributed by atoms with Gasteiger partial charge in [0.05, 0.1) is 25.4 Å². The van der Waals surface area contributed by atoms with Crippen LogP contribution in [0.25, 0.3) is 0 Å². The Morgan fingerprint density at radius 1 is 0.714 bits per heavy atom. The van der Waals surface area contributed by atoms with Crippen LogP contribution >= 0.6 is 0 Å². The van der Waals surface area contributed by atoms with E-state index >= 15 is 0 Å². The molecule has 0 saturated carbocycles. The summed E-state index contributed by atoms with van der Waals surface area (Å²) in [4.78, 5) is 12.9. The minimum atomic E-state index is -1.67. The van der Waals surface area contributed by atoms with Gasteiger partial charge in [-0.15, -0.1) is 0 Å². The van der Waals surface area contributed by atoms with E-state index in [1.807, 2.05) is 6.08 Å². The van der Waals surface area contributed by atoms with E-state index in [1.165, 1.54) is 6.42 Å². The van der Waals surface area contributed by atoms with Crippen molar-refractivity contribution in [3.63, 3.8) is 0 Å². The first-order chi connectivity index (χ1) is 23.7. The largest absolute Gasteiger partial charge is 0.394 e. The van der Waals surface area contributed by atoms with Gasteiger partial charge in [0.1, 0.15) is 36.6 Å². The topological polar surface area (TPSA) is 189 Å². The van der Waals surface area contributed by atoms with E-state index in [-0.39, 0.29) is 12.8 Å². The number of hydrogen-bond donors (Lipinski definition) is 8. The minimum Gasteiger partial charge on any atom is -0.394 e. The fraction of sp³-hybridized carbons (Fsp3) is 0.763. The van der Waals surface area contributed by atoms with Gasteiger partial charge in [-0.3, -0.25) is 4.79 Å². The molecule has 0 aromatic carbocycles. The van der Waals surface area contributed by atoms with Crippen LogP contribution in [-0.2, 0) is 14.3 Å². The number of allylic oxidation sites excluding steroid dienone is 8.